The number of halogens is 1. The van der Waals surface area contributed by atoms with Gasteiger partial charge in [-0.3, -0.25) is 0 Å². The van der Waals surface area contributed by atoms with Gasteiger partial charge >= 0.3 is 147 Å². The van der Waals surface area contributed by atoms with Crippen LogP contribution in [0.3, 0.4) is 0 Å². The molecule has 0 aromatic carbocycles. The predicted octanol–water partition coefficient (Wildman–Crippen LogP) is 2.77. The van der Waals surface area contributed by atoms with Gasteiger partial charge in [-0.05, 0) is 0 Å². The summed E-state index contributed by atoms with van der Waals surface area (Å²) in [5, 5.41) is 13.6. The Labute approximate surface area is 146 Å². The van der Waals surface area contributed by atoms with E-state index in [2.05, 4.69) is 35.3 Å². The van der Waals surface area contributed by atoms with E-state index in [4.69, 9.17) is 17.3 Å². The standard InChI is InChI=1S/C13H20AsClN4OS2/c15-11-5-12(19-13(16)18-11)17-9-3-1-8(2-4-9)14-21-7-10(6-20)22-14/h5,8-10,20H,1-4,6-7H2,(H3,16,17,18,19). The molecule has 5 nitrogen and oxygen atoms in total. The molecule has 1 aromatic rings. The molecule has 2 atom stereocenters. The number of aromatic nitrogens is 2. The summed E-state index contributed by atoms with van der Waals surface area (Å²) in [4.78, 5) is 8.07. The average molecular weight is 423 g/mol. The predicted molar refractivity (Wildman–Crippen MR) is 97.8 cm³/mol. The van der Waals surface area contributed by atoms with Crippen LogP contribution in [-0.2, 0) is 0 Å². The molecule has 22 heavy (non-hydrogen) atoms. The molecule has 1 aliphatic heterocycles. The van der Waals surface area contributed by atoms with Crippen molar-refractivity contribution in [2.45, 2.75) is 41.7 Å². The second-order valence-corrected chi connectivity index (χ2v) is 18.4. The molecule has 2 fully saturated rings. The molecule has 1 aliphatic carbocycles. The molecule has 0 radical (unpaired) electrons. The van der Waals surface area contributed by atoms with Gasteiger partial charge in [0.1, 0.15) is 0 Å². The van der Waals surface area contributed by atoms with Gasteiger partial charge in [-0.15, -0.1) is 0 Å². The van der Waals surface area contributed by atoms with E-state index in [0.29, 0.717) is 23.1 Å². The van der Waals surface area contributed by atoms with Crippen molar-refractivity contribution in [1.82, 2.24) is 9.97 Å². The van der Waals surface area contributed by atoms with Crippen LogP contribution in [0.1, 0.15) is 25.7 Å². The number of nitrogen functional groups attached to an aromatic ring is 1. The summed E-state index contributed by atoms with van der Waals surface area (Å²) in [6, 6.07) is 2.18. The number of hydrogen-bond acceptors (Lipinski definition) is 7. The first-order chi connectivity index (χ1) is 10.6. The molecule has 0 amide bonds. The van der Waals surface area contributed by atoms with Crippen LogP contribution < -0.4 is 11.1 Å². The number of rotatable bonds is 4. The summed E-state index contributed by atoms with van der Waals surface area (Å²) >= 11 is 5.05. The van der Waals surface area contributed by atoms with Gasteiger partial charge in [0.2, 0.25) is 0 Å². The van der Waals surface area contributed by atoms with Crippen molar-refractivity contribution in [3.63, 3.8) is 0 Å². The monoisotopic (exact) mass is 422 g/mol. The van der Waals surface area contributed by atoms with Gasteiger partial charge in [-0.1, -0.05) is 0 Å². The second-order valence-electron chi connectivity index (χ2n) is 5.58. The van der Waals surface area contributed by atoms with Crippen LogP contribution >= 0.6 is 31.6 Å². The van der Waals surface area contributed by atoms with Gasteiger partial charge in [0.15, 0.2) is 0 Å². The summed E-state index contributed by atoms with van der Waals surface area (Å²) in [6.07, 6.45) is 4.90. The van der Waals surface area contributed by atoms with Crippen LogP contribution in [0.5, 0.6) is 0 Å². The molecule has 2 heterocycles. The summed E-state index contributed by atoms with van der Waals surface area (Å²) < 4.78 is 0.899. The zero-order valence-corrected chi connectivity index (χ0v) is 16.4. The van der Waals surface area contributed by atoms with E-state index in [-0.39, 0.29) is 5.95 Å². The Morgan fingerprint density at radius 3 is 2.77 bits per heavy atom. The molecule has 4 N–H and O–H groups in total. The van der Waals surface area contributed by atoms with E-state index in [1.807, 2.05) is 0 Å². The normalized spacial score (nSPS) is 32.1. The molecule has 2 unspecified atom stereocenters. The van der Waals surface area contributed by atoms with E-state index < -0.39 is 12.3 Å². The number of nitrogens with one attached hydrogen (secondary N) is 1. The van der Waals surface area contributed by atoms with Crippen molar-refractivity contribution < 1.29 is 5.11 Å². The number of anilines is 2. The molecule has 9 heteroatoms. The number of hydrogen-bond donors (Lipinski definition) is 3. The second kappa shape index (κ2) is 7.84. The Morgan fingerprint density at radius 1 is 1.36 bits per heavy atom. The Kier molecular flexibility index (Phi) is 6.07. The number of nitrogens with two attached hydrogens (primary N) is 1. The van der Waals surface area contributed by atoms with E-state index in [1.54, 1.807) is 6.07 Å². The maximum absolute atomic E-state index is 9.28. The van der Waals surface area contributed by atoms with Crippen molar-refractivity contribution in [3.05, 3.63) is 11.2 Å². The molecule has 2 aliphatic rings. The fraction of sp³-hybridized carbons (Fsp3) is 0.692. The van der Waals surface area contributed by atoms with Gasteiger partial charge in [0, 0.05) is 0 Å². The van der Waals surface area contributed by atoms with Crippen LogP contribution in [0.2, 0.25) is 9.86 Å². The zero-order valence-electron chi connectivity index (χ0n) is 12.1. The summed E-state index contributed by atoms with van der Waals surface area (Å²) in [6.45, 7) is 0.343. The van der Waals surface area contributed by atoms with Gasteiger partial charge in [0.25, 0.3) is 0 Å². The average Bonchev–Trinajstić information content (AvgIpc) is 2.96. The van der Waals surface area contributed by atoms with Crippen molar-refractivity contribution in [2.75, 3.05) is 23.4 Å². The maximum atomic E-state index is 9.28. The first kappa shape index (κ1) is 17.0. The Morgan fingerprint density at radius 2 is 2.14 bits per heavy atom. The summed E-state index contributed by atoms with van der Waals surface area (Å²) in [5.41, 5.74) is 5.63. The van der Waals surface area contributed by atoms with Crippen molar-refractivity contribution in [1.29, 1.82) is 0 Å². The number of aliphatic hydroxyl groups is 1. The molecular weight excluding hydrogens is 403 g/mol. The minimum absolute atomic E-state index is 0.213. The third-order valence-corrected chi connectivity index (χ3v) is 20.1. The van der Waals surface area contributed by atoms with E-state index in [1.165, 1.54) is 25.7 Å². The van der Waals surface area contributed by atoms with Gasteiger partial charge < -0.3 is 0 Å². The number of aliphatic hydroxyl groups excluding tert-OH is 1. The van der Waals surface area contributed by atoms with Gasteiger partial charge in [0.05, 0.1) is 0 Å². The van der Waals surface area contributed by atoms with E-state index >= 15 is 0 Å². The molecule has 3 rings (SSSR count). The van der Waals surface area contributed by atoms with Crippen LogP contribution in [0.4, 0.5) is 11.8 Å². The van der Waals surface area contributed by atoms with Gasteiger partial charge in [-0.2, -0.15) is 0 Å². The van der Waals surface area contributed by atoms with Crippen molar-refractivity contribution in [3.8, 4) is 0 Å². The van der Waals surface area contributed by atoms with Crippen LogP contribution in [0.15, 0.2) is 6.07 Å². The quantitative estimate of drug-likeness (QED) is 0.508. The van der Waals surface area contributed by atoms with E-state index in [9.17, 15) is 5.11 Å². The summed E-state index contributed by atoms with van der Waals surface area (Å²) in [5.74, 6) is 2.09. The SMILES string of the molecule is Nc1nc(Cl)cc(NC2CCC([As]3SCC(CO)S3)CC2)n1. The number of nitrogens with zero attached hydrogens (tertiary/aromatic N) is 2. The van der Waals surface area contributed by atoms with Crippen molar-refractivity contribution in [2.24, 2.45) is 0 Å². The topological polar surface area (TPSA) is 84.1 Å². The Bertz CT molecular complexity index is 499. The molecule has 122 valence electrons. The molecule has 1 saturated carbocycles. The third-order valence-electron chi connectivity index (χ3n) is 3.90. The van der Waals surface area contributed by atoms with Crippen molar-refractivity contribution >= 4 is 55.8 Å². The van der Waals surface area contributed by atoms with Gasteiger partial charge in [-0.25, -0.2) is 0 Å². The Balaban J connectivity index is 1.49. The molecule has 1 aromatic heterocycles. The van der Waals surface area contributed by atoms with Crippen LogP contribution in [-0.4, -0.2) is 51.1 Å². The fourth-order valence-electron chi connectivity index (χ4n) is 2.79. The molecule has 0 bridgehead atoms. The summed E-state index contributed by atoms with van der Waals surface area (Å²) in [7, 11) is 4.27. The first-order valence-corrected chi connectivity index (χ1v) is 15.2. The minimum atomic E-state index is -0.860. The van der Waals surface area contributed by atoms with Crippen LogP contribution in [0, 0.1) is 0 Å². The van der Waals surface area contributed by atoms with Crippen LogP contribution in [0.25, 0.3) is 0 Å². The first-order valence-electron chi connectivity index (χ1n) is 7.40. The molecular formula is C13H20AsClN4OS2. The van der Waals surface area contributed by atoms with E-state index in [0.717, 1.165) is 16.3 Å². The Hall–Kier alpha value is 0.188. The third kappa shape index (κ3) is 4.38. The molecule has 1 saturated heterocycles. The zero-order chi connectivity index (χ0) is 15.5. The fourth-order valence-corrected chi connectivity index (χ4v) is 21.1. The molecule has 0 spiro atoms.